The van der Waals surface area contributed by atoms with Crippen molar-refractivity contribution in [2.45, 2.75) is 20.4 Å². The lowest BCUT2D eigenvalue weighted by Gasteiger charge is -2.11. The molecule has 0 unspecified atom stereocenters. The molecule has 0 saturated heterocycles. The van der Waals surface area contributed by atoms with Crippen molar-refractivity contribution < 1.29 is 14.0 Å². The highest BCUT2D eigenvalue weighted by molar-refractivity contribution is 6.07. The summed E-state index contributed by atoms with van der Waals surface area (Å²) in [5.41, 5.74) is 3.52. The number of anilines is 1. The number of rotatable bonds is 5. The lowest BCUT2D eigenvalue weighted by Crippen LogP contribution is -2.23. The van der Waals surface area contributed by atoms with Crippen LogP contribution >= 0.6 is 0 Å². The van der Waals surface area contributed by atoms with Crippen molar-refractivity contribution in [1.29, 1.82) is 0 Å². The Morgan fingerprint density at radius 2 is 1.77 bits per heavy atom. The lowest BCUT2D eigenvalue weighted by atomic mass is 10.0. The van der Waals surface area contributed by atoms with Crippen LogP contribution in [0, 0.1) is 6.92 Å². The Bertz CT molecular complexity index is 1230. The zero-order chi connectivity index (χ0) is 21.1. The van der Waals surface area contributed by atoms with Gasteiger partial charge in [-0.3, -0.25) is 9.59 Å². The third-order valence-electron chi connectivity index (χ3n) is 4.68. The Morgan fingerprint density at radius 3 is 2.47 bits per heavy atom. The highest BCUT2D eigenvalue weighted by Crippen LogP contribution is 2.26. The SMILES string of the molecule is CC(=O)Nc1ccc(-c2cc(C(=O)NCc3ccc(C)o3)c3ccccc3n2)cc1. The summed E-state index contributed by atoms with van der Waals surface area (Å²) in [7, 11) is 0. The minimum atomic E-state index is -0.196. The number of fused-ring (bicyclic) bond motifs is 1. The molecule has 0 fully saturated rings. The van der Waals surface area contributed by atoms with E-state index in [4.69, 9.17) is 9.40 Å². The summed E-state index contributed by atoms with van der Waals surface area (Å²) < 4.78 is 5.53. The van der Waals surface area contributed by atoms with Crippen LogP contribution in [0.3, 0.4) is 0 Å². The number of hydrogen-bond acceptors (Lipinski definition) is 4. The Labute approximate surface area is 173 Å². The van der Waals surface area contributed by atoms with E-state index >= 15 is 0 Å². The first-order chi connectivity index (χ1) is 14.5. The van der Waals surface area contributed by atoms with Crippen molar-refractivity contribution in [3.8, 4) is 11.3 Å². The normalized spacial score (nSPS) is 10.7. The molecule has 2 heterocycles. The predicted octanol–water partition coefficient (Wildman–Crippen LogP) is 4.69. The Morgan fingerprint density at radius 1 is 1.00 bits per heavy atom. The minimum absolute atomic E-state index is 0.128. The van der Waals surface area contributed by atoms with Gasteiger partial charge in [-0.15, -0.1) is 0 Å². The molecule has 30 heavy (non-hydrogen) atoms. The summed E-state index contributed by atoms with van der Waals surface area (Å²) in [6.45, 7) is 3.64. The number of nitrogens with one attached hydrogen (secondary N) is 2. The van der Waals surface area contributed by atoms with Gasteiger partial charge in [0.15, 0.2) is 0 Å². The number of nitrogens with zero attached hydrogens (tertiary/aromatic N) is 1. The predicted molar refractivity (Wildman–Crippen MR) is 116 cm³/mol. The maximum absolute atomic E-state index is 13.0. The van der Waals surface area contributed by atoms with Crippen LogP contribution in [0.4, 0.5) is 5.69 Å². The second-order valence-corrected chi connectivity index (χ2v) is 7.03. The quantitative estimate of drug-likeness (QED) is 0.510. The largest absolute Gasteiger partial charge is 0.465 e. The average molecular weight is 399 g/mol. The molecule has 2 N–H and O–H groups in total. The number of aryl methyl sites for hydroxylation is 1. The molecule has 0 radical (unpaired) electrons. The zero-order valence-electron chi connectivity index (χ0n) is 16.7. The van der Waals surface area contributed by atoms with Gasteiger partial charge in [0, 0.05) is 23.6 Å². The summed E-state index contributed by atoms with van der Waals surface area (Å²) in [6.07, 6.45) is 0. The average Bonchev–Trinajstić information content (AvgIpc) is 3.16. The molecule has 150 valence electrons. The molecule has 0 aliphatic carbocycles. The molecule has 4 aromatic rings. The van der Waals surface area contributed by atoms with Crippen LogP contribution in [0.25, 0.3) is 22.2 Å². The Balaban J connectivity index is 1.66. The van der Waals surface area contributed by atoms with Crippen molar-refractivity contribution in [2.24, 2.45) is 0 Å². The van der Waals surface area contributed by atoms with Gasteiger partial charge in [0.1, 0.15) is 11.5 Å². The molecule has 0 aliphatic rings. The van der Waals surface area contributed by atoms with E-state index in [0.717, 1.165) is 22.2 Å². The van der Waals surface area contributed by atoms with Gasteiger partial charge in [0.25, 0.3) is 5.91 Å². The van der Waals surface area contributed by atoms with Crippen molar-refractivity contribution >= 4 is 28.4 Å². The topological polar surface area (TPSA) is 84.2 Å². The molecule has 2 aromatic heterocycles. The molecular weight excluding hydrogens is 378 g/mol. The Kier molecular flexibility index (Phi) is 5.30. The number of pyridine rings is 1. The highest BCUT2D eigenvalue weighted by atomic mass is 16.3. The molecule has 0 aliphatic heterocycles. The van der Waals surface area contributed by atoms with E-state index in [9.17, 15) is 9.59 Å². The van der Waals surface area contributed by atoms with Crippen LogP contribution in [-0.2, 0) is 11.3 Å². The number of aromatic nitrogens is 1. The van der Waals surface area contributed by atoms with Crippen molar-refractivity contribution in [3.63, 3.8) is 0 Å². The van der Waals surface area contributed by atoms with Gasteiger partial charge in [-0.2, -0.15) is 0 Å². The first kappa shape index (κ1) is 19.4. The number of hydrogen-bond donors (Lipinski definition) is 2. The van der Waals surface area contributed by atoms with E-state index < -0.39 is 0 Å². The Hall–Kier alpha value is -3.93. The molecule has 0 atom stereocenters. The number of furan rings is 1. The second-order valence-electron chi connectivity index (χ2n) is 7.03. The second kappa shape index (κ2) is 8.21. The summed E-state index contributed by atoms with van der Waals surface area (Å²) >= 11 is 0. The van der Waals surface area contributed by atoms with Crippen LogP contribution in [0.15, 0.2) is 71.1 Å². The van der Waals surface area contributed by atoms with Gasteiger partial charge in [0.05, 0.1) is 23.3 Å². The van der Waals surface area contributed by atoms with Crippen molar-refractivity contribution in [3.05, 3.63) is 83.8 Å². The summed E-state index contributed by atoms with van der Waals surface area (Å²) in [5.74, 6) is 1.18. The molecule has 0 bridgehead atoms. The molecular formula is C24H21N3O3. The van der Waals surface area contributed by atoms with Gasteiger partial charge in [-0.25, -0.2) is 4.98 Å². The van der Waals surface area contributed by atoms with Gasteiger partial charge in [-0.1, -0.05) is 30.3 Å². The maximum atomic E-state index is 13.0. The summed E-state index contributed by atoms with van der Waals surface area (Å²) in [4.78, 5) is 28.9. The molecule has 6 heteroatoms. The molecule has 0 spiro atoms. The third kappa shape index (κ3) is 4.22. The van der Waals surface area contributed by atoms with Crippen LogP contribution in [0.5, 0.6) is 0 Å². The fourth-order valence-corrected chi connectivity index (χ4v) is 3.28. The molecule has 0 saturated carbocycles. The van der Waals surface area contributed by atoms with Crippen LogP contribution in [0.2, 0.25) is 0 Å². The van der Waals surface area contributed by atoms with Crippen LogP contribution in [0.1, 0.15) is 28.8 Å². The first-order valence-corrected chi connectivity index (χ1v) is 9.61. The zero-order valence-corrected chi connectivity index (χ0v) is 16.7. The van der Waals surface area contributed by atoms with Crippen molar-refractivity contribution in [2.75, 3.05) is 5.32 Å². The van der Waals surface area contributed by atoms with E-state index in [2.05, 4.69) is 10.6 Å². The molecule has 6 nitrogen and oxygen atoms in total. The maximum Gasteiger partial charge on any atom is 0.252 e. The van der Waals surface area contributed by atoms with Gasteiger partial charge in [-0.05, 0) is 43.3 Å². The monoisotopic (exact) mass is 399 g/mol. The summed E-state index contributed by atoms with van der Waals surface area (Å²) in [5, 5.41) is 6.45. The molecule has 2 aromatic carbocycles. The number of carbonyl (C=O) groups excluding carboxylic acids is 2. The number of benzene rings is 2. The van der Waals surface area contributed by atoms with E-state index in [1.54, 1.807) is 6.07 Å². The fraction of sp³-hybridized carbons (Fsp3) is 0.125. The van der Waals surface area contributed by atoms with Crippen LogP contribution in [-0.4, -0.2) is 16.8 Å². The molecule has 2 amide bonds. The third-order valence-corrected chi connectivity index (χ3v) is 4.68. The van der Waals surface area contributed by atoms with Crippen molar-refractivity contribution in [1.82, 2.24) is 10.3 Å². The van der Waals surface area contributed by atoms with E-state index in [1.807, 2.05) is 67.6 Å². The molecule has 4 rings (SSSR count). The van der Waals surface area contributed by atoms with E-state index in [0.29, 0.717) is 29.2 Å². The van der Waals surface area contributed by atoms with Crippen LogP contribution < -0.4 is 10.6 Å². The fourth-order valence-electron chi connectivity index (χ4n) is 3.28. The van der Waals surface area contributed by atoms with Gasteiger partial charge in [0.2, 0.25) is 5.91 Å². The van der Waals surface area contributed by atoms with Gasteiger partial charge < -0.3 is 15.1 Å². The first-order valence-electron chi connectivity index (χ1n) is 9.61. The number of amides is 2. The van der Waals surface area contributed by atoms with Gasteiger partial charge >= 0.3 is 0 Å². The number of para-hydroxylation sites is 1. The number of carbonyl (C=O) groups is 2. The van der Waals surface area contributed by atoms with E-state index in [1.165, 1.54) is 6.92 Å². The summed E-state index contributed by atoms with van der Waals surface area (Å²) in [6, 6.07) is 20.4. The smallest absolute Gasteiger partial charge is 0.252 e. The lowest BCUT2D eigenvalue weighted by molar-refractivity contribution is -0.114. The highest BCUT2D eigenvalue weighted by Gasteiger charge is 2.14. The van der Waals surface area contributed by atoms with E-state index in [-0.39, 0.29) is 11.8 Å². The standard InChI is InChI=1S/C24H21N3O3/c1-15-7-12-19(30-15)14-25-24(29)21-13-23(27-22-6-4-3-5-20(21)22)17-8-10-18(11-9-17)26-16(2)28/h3-13H,14H2,1-2H3,(H,25,29)(H,26,28). The minimum Gasteiger partial charge on any atom is -0.465 e.